The second kappa shape index (κ2) is 5.58. The lowest BCUT2D eigenvalue weighted by molar-refractivity contribution is 0.104. The SMILES string of the molecule is Cn1c(C(=O)/C=C/c2ccc(Cl)cc2)cc2ccccc21. The highest BCUT2D eigenvalue weighted by atomic mass is 35.5. The van der Waals surface area contributed by atoms with Crippen LogP contribution in [0.4, 0.5) is 0 Å². The number of ketones is 1. The summed E-state index contributed by atoms with van der Waals surface area (Å²) in [6.45, 7) is 0. The second-order valence-electron chi connectivity index (χ2n) is 4.90. The van der Waals surface area contributed by atoms with E-state index in [4.69, 9.17) is 11.6 Å². The molecule has 2 aromatic carbocycles. The lowest BCUT2D eigenvalue weighted by Gasteiger charge is -2.00. The number of fused-ring (bicyclic) bond motifs is 1. The quantitative estimate of drug-likeness (QED) is 0.506. The number of halogens is 1. The number of hydrogen-bond acceptors (Lipinski definition) is 1. The smallest absolute Gasteiger partial charge is 0.202 e. The first-order valence-corrected chi connectivity index (χ1v) is 7.05. The molecule has 3 aromatic rings. The van der Waals surface area contributed by atoms with Gasteiger partial charge in [-0.25, -0.2) is 0 Å². The van der Waals surface area contributed by atoms with Crippen LogP contribution in [0.5, 0.6) is 0 Å². The van der Waals surface area contributed by atoms with Gasteiger partial charge in [-0.2, -0.15) is 0 Å². The summed E-state index contributed by atoms with van der Waals surface area (Å²) in [5.41, 5.74) is 2.69. The van der Waals surface area contributed by atoms with Crippen LogP contribution in [0.1, 0.15) is 16.1 Å². The van der Waals surface area contributed by atoms with Crippen molar-refractivity contribution in [2.24, 2.45) is 7.05 Å². The van der Waals surface area contributed by atoms with Crippen molar-refractivity contribution in [3.05, 3.63) is 77.0 Å². The van der Waals surface area contributed by atoms with Gasteiger partial charge in [0.25, 0.3) is 0 Å². The Bertz CT molecular complexity index is 828. The van der Waals surface area contributed by atoms with Gasteiger partial charge in [0.15, 0.2) is 0 Å². The minimum Gasteiger partial charge on any atom is -0.341 e. The largest absolute Gasteiger partial charge is 0.341 e. The minimum atomic E-state index is -0.0105. The molecule has 104 valence electrons. The first-order valence-electron chi connectivity index (χ1n) is 6.67. The standard InChI is InChI=1S/C18H14ClNO/c1-20-16-5-3-2-4-14(16)12-17(20)18(21)11-8-13-6-9-15(19)10-7-13/h2-12H,1H3/b11-8+. The molecule has 1 aromatic heterocycles. The van der Waals surface area contributed by atoms with Gasteiger partial charge >= 0.3 is 0 Å². The lowest BCUT2D eigenvalue weighted by Crippen LogP contribution is -2.02. The maximum atomic E-state index is 12.3. The number of carbonyl (C=O) groups excluding carboxylic acids is 1. The van der Waals surface area contributed by atoms with Crippen molar-refractivity contribution in [2.75, 3.05) is 0 Å². The topological polar surface area (TPSA) is 22.0 Å². The van der Waals surface area contributed by atoms with E-state index in [1.807, 2.05) is 66.2 Å². The molecular weight excluding hydrogens is 282 g/mol. The van der Waals surface area contributed by atoms with Gasteiger partial charge in [-0.1, -0.05) is 48.0 Å². The van der Waals surface area contributed by atoms with Crippen LogP contribution in [-0.2, 0) is 7.05 Å². The lowest BCUT2D eigenvalue weighted by atomic mass is 10.1. The molecule has 0 aliphatic carbocycles. The Morgan fingerprint density at radius 3 is 2.52 bits per heavy atom. The van der Waals surface area contributed by atoms with Crippen molar-refractivity contribution >= 4 is 34.4 Å². The number of rotatable bonds is 3. The highest BCUT2D eigenvalue weighted by Gasteiger charge is 2.10. The van der Waals surface area contributed by atoms with Gasteiger partial charge in [-0.05, 0) is 35.9 Å². The fourth-order valence-corrected chi connectivity index (χ4v) is 2.48. The third kappa shape index (κ3) is 2.76. The van der Waals surface area contributed by atoms with Gasteiger partial charge in [0, 0.05) is 23.0 Å². The molecule has 0 amide bonds. The number of aryl methyl sites for hydroxylation is 1. The van der Waals surface area contributed by atoms with Crippen molar-refractivity contribution in [3.63, 3.8) is 0 Å². The number of benzene rings is 2. The van der Waals surface area contributed by atoms with E-state index in [1.54, 1.807) is 12.2 Å². The van der Waals surface area contributed by atoms with E-state index in [9.17, 15) is 4.79 Å². The van der Waals surface area contributed by atoms with Crippen LogP contribution < -0.4 is 0 Å². The molecule has 0 spiro atoms. The van der Waals surface area contributed by atoms with E-state index < -0.39 is 0 Å². The summed E-state index contributed by atoms with van der Waals surface area (Å²) in [5.74, 6) is -0.0105. The number of allylic oxidation sites excluding steroid dienone is 1. The van der Waals surface area contributed by atoms with Crippen LogP contribution in [-0.4, -0.2) is 10.4 Å². The zero-order valence-corrected chi connectivity index (χ0v) is 12.3. The number of carbonyl (C=O) groups is 1. The van der Waals surface area contributed by atoms with Crippen LogP contribution >= 0.6 is 11.6 Å². The van der Waals surface area contributed by atoms with Crippen LogP contribution in [0.15, 0.2) is 60.7 Å². The summed E-state index contributed by atoms with van der Waals surface area (Å²) in [6, 6.07) is 17.3. The van der Waals surface area contributed by atoms with E-state index in [1.165, 1.54) is 0 Å². The number of hydrogen-bond donors (Lipinski definition) is 0. The van der Waals surface area contributed by atoms with Gasteiger partial charge in [0.2, 0.25) is 5.78 Å². The molecule has 0 N–H and O–H groups in total. The van der Waals surface area contributed by atoms with Crippen LogP contribution in [0, 0.1) is 0 Å². The Kier molecular flexibility index (Phi) is 3.63. The van der Waals surface area contributed by atoms with Gasteiger partial charge in [0.1, 0.15) is 0 Å². The zero-order chi connectivity index (χ0) is 14.8. The summed E-state index contributed by atoms with van der Waals surface area (Å²) in [4.78, 5) is 12.3. The first-order chi connectivity index (χ1) is 10.1. The molecule has 0 radical (unpaired) electrons. The molecule has 1 heterocycles. The van der Waals surface area contributed by atoms with Gasteiger partial charge in [-0.15, -0.1) is 0 Å². The average molecular weight is 296 g/mol. The van der Waals surface area contributed by atoms with Crippen molar-refractivity contribution in [1.82, 2.24) is 4.57 Å². The summed E-state index contributed by atoms with van der Waals surface area (Å²) in [7, 11) is 1.91. The van der Waals surface area contributed by atoms with Crippen molar-refractivity contribution in [2.45, 2.75) is 0 Å². The van der Waals surface area contributed by atoms with Crippen LogP contribution in [0.2, 0.25) is 5.02 Å². The van der Waals surface area contributed by atoms with Gasteiger partial charge in [-0.3, -0.25) is 4.79 Å². The Morgan fingerprint density at radius 2 is 1.81 bits per heavy atom. The molecule has 2 nitrogen and oxygen atoms in total. The molecule has 0 unspecified atom stereocenters. The predicted octanol–water partition coefficient (Wildman–Crippen LogP) is 4.73. The normalized spacial score (nSPS) is 11.3. The van der Waals surface area contributed by atoms with E-state index in [2.05, 4.69) is 0 Å². The average Bonchev–Trinajstić information content (AvgIpc) is 2.84. The molecule has 0 bridgehead atoms. The van der Waals surface area contributed by atoms with Crippen molar-refractivity contribution in [3.8, 4) is 0 Å². The molecule has 0 aliphatic rings. The highest BCUT2D eigenvalue weighted by Crippen LogP contribution is 2.19. The van der Waals surface area contributed by atoms with Gasteiger partial charge in [0.05, 0.1) is 5.69 Å². The number of aromatic nitrogens is 1. The minimum absolute atomic E-state index is 0.0105. The second-order valence-corrected chi connectivity index (χ2v) is 5.33. The molecule has 0 fully saturated rings. The Morgan fingerprint density at radius 1 is 1.10 bits per heavy atom. The van der Waals surface area contributed by atoms with E-state index in [-0.39, 0.29) is 5.78 Å². The summed E-state index contributed by atoms with van der Waals surface area (Å²) in [6.07, 6.45) is 3.40. The Hall–Kier alpha value is -2.32. The predicted molar refractivity (Wildman–Crippen MR) is 87.7 cm³/mol. The molecule has 3 heteroatoms. The molecule has 3 rings (SSSR count). The first kappa shape index (κ1) is 13.7. The number of para-hydroxylation sites is 1. The number of nitrogens with zero attached hydrogens (tertiary/aromatic N) is 1. The third-order valence-electron chi connectivity index (χ3n) is 3.50. The van der Waals surface area contributed by atoms with E-state index in [0.717, 1.165) is 16.5 Å². The molecule has 0 atom stereocenters. The third-order valence-corrected chi connectivity index (χ3v) is 3.75. The van der Waals surface area contributed by atoms with Crippen LogP contribution in [0.3, 0.4) is 0 Å². The van der Waals surface area contributed by atoms with Crippen molar-refractivity contribution < 1.29 is 4.79 Å². The molecule has 0 aliphatic heterocycles. The fourth-order valence-electron chi connectivity index (χ4n) is 2.36. The Labute approximate surface area is 128 Å². The fraction of sp³-hybridized carbons (Fsp3) is 0.0556. The molecule has 0 saturated heterocycles. The molecule has 21 heavy (non-hydrogen) atoms. The highest BCUT2D eigenvalue weighted by molar-refractivity contribution is 6.30. The van der Waals surface area contributed by atoms with Gasteiger partial charge < -0.3 is 4.57 Å². The summed E-state index contributed by atoms with van der Waals surface area (Å²) in [5, 5.41) is 1.76. The maximum absolute atomic E-state index is 12.3. The Balaban J connectivity index is 1.90. The monoisotopic (exact) mass is 295 g/mol. The maximum Gasteiger partial charge on any atom is 0.202 e. The molecular formula is C18H14ClNO. The van der Waals surface area contributed by atoms with E-state index in [0.29, 0.717) is 10.7 Å². The summed E-state index contributed by atoms with van der Waals surface area (Å²) >= 11 is 5.84. The molecule has 0 saturated carbocycles. The van der Waals surface area contributed by atoms with Crippen LogP contribution in [0.25, 0.3) is 17.0 Å². The van der Waals surface area contributed by atoms with Crippen molar-refractivity contribution in [1.29, 1.82) is 0 Å². The van der Waals surface area contributed by atoms with E-state index >= 15 is 0 Å². The zero-order valence-electron chi connectivity index (χ0n) is 11.6. The summed E-state index contributed by atoms with van der Waals surface area (Å²) < 4.78 is 1.92.